The van der Waals surface area contributed by atoms with Crippen LogP contribution in [0.25, 0.3) is 0 Å². The van der Waals surface area contributed by atoms with E-state index < -0.39 is 11.6 Å². The fraction of sp³-hybridized carbons (Fsp3) is 0.182. The summed E-state index contributed by atoms with van der Waals surface area (Å²) in [6.45, 7) is 2.05. The normalized spacial score (nSPS) is 10.4. The topological polar surface area (TPSA) is 76.1 Å². The van der Waals surface area contributed by atoms with Crippen LogP contribution in [0.1, 0.15) is 11.5 Å². The highest BCUT2D eigenvalue weighted by molar-refractivity contribution is 5.46. The quantitative estimate of drug-likeness (QED) is 0.575. The van der Waals surface area contributed by atoms with E-state index in [1.807, 2.05) is 5.43 Å². The minimum Gasteiger partial charge on any atom is -0.465 e. The number of nitrogen functional groups attached to an aromatic ring is 1. The van der Waals surface area contributed by atoms with E-state index in [-0.39, 0.29) is 18.2 Å². The van der Waals surface area contributed by atoms with Crippen molar-refractivity contribution in [2.75, 3.05) is 10.7 Å². The van der Waals surface area contributed by atoms with Gasteiger partial charge in [-0.1, -0.05) is 0 Å². The van der Waals surface area contributed by atoms with Crippen LogP contribution in [0.15, 0.2) is 22.6 Å². The number of aromatic nitrogens is 1. The van der Waals surface area contributed by atoms with Crippen LogP contribution in [0, 0.1) is 18.6 Å². The van der Waals surface area contributed by atoms with Crippen molar-refractivity contribution in [3.63, 3.8) is 0 Å². The summed E-state index contributed by atoms with van der Waals surface area (Å²) in [7, 11) is 0. The van der Waals surface area contributed by atoms with Gasteiger partial charge in [-0.05, 0) is 19.1 Å². The van der Waals surface area contributed by atoms with Gasteiger partial charge in [0, 0.05) is 6.07 Å². The fourth-order valence-electron chi connectivity index (χ4n) is 1.44. The lowest BCUT2D eigenvalue weighted by Gasteiger charge is -2.08. The number of nitrogens with zero attached hydrogens (tertiary/aromatic N) is 1. The van der Waals surface area contributed by atoms with E-state index in [1.54, 1.807) is 19.1 Å². The number of nitrogens with two attached hydrogens (primary N) is 1. The van der Waals surface area contributed by atoms with Crippen molar-refractivity contribution in [1.29, 1.82) is 0 Å². The molecule has 0 aromatic carbocycles. The van der Waals surface area contributed by atoms with Gasteiger partial charge in [0.05, 0.1) is 6.54 Å². The number of hydrogen-bond acceptors (Lipinski definition) is 5. The molecular weight excluding hydrogens is 242 g/mol. The fourth-order valence-corrected chi connectivity index (χ4v) is 1.44. The van der Waals surface area contributed by atoms with Crippen molar-refractivity contribution in [1.82, 2.24) is 4.98 Å². The number of rotatable bonds is 4. The molecule has 2 heterocycles. The van der Waals surface area contributed by atoms with E-state index in [2.05, 4.69) is 10.3 Å². The second-order valence-corrected chi connectivity index (χ2v) is 3.66. The molecule has 4 N–H and O–H groups in total. The van der Waals surface area contributed by atoms with Gasteiger partial charge in [0.2, 0.25) is 0 Å². The molecule has 0 saturated carbocycles. The molecule has 0 aliphatic carbocycles. The van der Waals surface area contributed by atoms with Gasteiger partial charge in [0.15, 0.2) is 23.3 Å². The Bertz CT molecular complexity index is 556. The molecule has 18 heavy (non-hydrogen) atoms. The van der Waals surface area contributed by atoms with Gasteiger partial charge in [-0.3, -0.25) is 0 Å². The Morgan fingerprint density at radius 1 is 1.28 bits per heavy atom. The van der Waals surface area contributed by atoms with Crippen molar-refractivity contribution in [3.05, 3.63) is 41.4 Å². The van der Waals surface area contributed by atoms with Crippen LogP contribution in [0.2, 0.25) is 0 Å². The highest BCUT2D eigenvalue weighted by atomic mass is 19.1. The summed E-state index contributed by atoms with van der Waals surface area (Å²) >= 11 is 0. The molecule has 0 aliphatic heterocycles. The molecule has 0 fully saturated rings. The Morgan fingerprint density at radius 3 is 2.61 bits per heavy atom. The van der Waals surface area contributed by atoms with Crippen molar-refractivity contribution >= 4 is 11.6 Å². The molecule has 96 valence electrons. The largest absolute Gasteiger partial charge is 0.465 e. The van der Waals surface area contributed by atoms with E-state index in [1.165, 1.54) is 0 Å². The molecule has 0 radical (unpaired) electrons. The van der Waals surface area contributed by atoms with Crippen molar-refractivity contribution in [2.45, 2.75) is 13.5 Å². The summed E-state index contributed by atoms with van der Waals surface area (Å²) < 4.78 is 31.8. The van der Waals surface area contributed by atoms with Gasteiger partial charge in [0.1, 0.15) is 11.5 Å². The summed E-state index contributed by atoms with van der Waals surface area (Å²) in [4.78, 5) is 3.67. The second-order valence-electron chi connectivity index (χ2n) is 3.66. The number of furan rings is 1. The average Bonchev–Trinajstić information content (AvgIpc) is 2.74. The molecule has 2 aromatic heterocycles. The Hall–Kier alpha value is -2.15. The van der Waals surface area contributed by atoms with Gasteiger partial charge in [0.25, 0.3) is 0 Å². The van der Waals surface area contributed by atoms with Crippen LogP contribution in [0.4, 0.5) is 20.4 Å². The molecule has 0 bridgehead atoms. The lowest BCUT2D eigenvalue weighted by Crippen LogP contribution is -2.13. The minimum absolute atomic E-state index is 0.0987. The summed E-state index contributed by atoms with van der Waals surface area (Å²) in [6, 6.07) is 4.25. The van der Waals surface area contributed by atoms with E-state index in [0.29, 0.717) is 11.8 Å². The maximum Gasteiger partial charge on any atom is 0.178 e. The highest BCUT2D eigenvalue weighted by Crippen LogP contribution is 2.19. The molecule has 0 atom stereocenters. The lowest BCUT2D eigenvalue weighted by atomic mass is 10.4. The average molecular weight is 254 g/mol. The van der Waals surface area contributed by atoms with Crippen LogP contribution < -0.4 is 16.6 Å². The summed E-state index contributed by atoms with van der Waals surface area (Å²) in [5.41, 5.74) is 2.05. The zero-order valence-corrected chi connectivity index (χ0v) is 9.63. The molecular formula is C11H12F2N4O. The molecule has 2 aromatic rings. The van der Waals surface area contributed by atoms with Crippen molar-refractivity contribution in [2.24, 2.45) is 5.84 Å². The Kier molecular flexibility index (Phi) is 3.42. The van der Waals surface area contributed by atoms with Crippen LogP contribution >= 0.6 is 0 Å². The SMILES string of the molecule is Cc1ccc(CNc2nc(NN)c(F)cc2F)o1. The number of halogens is 2. The van der Waals surface area contributed by atoms with E-state index >= 15 is 0 Å². The van der Waals surface area contributed by atoms with Gasteiger partial charge in [-0.25, -0.2) is 19.6 Å². The van der Waals surface area contributed by atoms with Crippen LogP contribution in [0.5, 0.6) is 0 Å². The third kappa shape index (κ3) is 2.57. The molecule has 7 heteroatoms. The van der Waals surface area contributed by atoms with Crippen molar-refractivity contribution < 1.29 is 13.2 Å². The molecule has 5 nitrogen and oxygen atoms in total. The zero-order chi connectivity index (χ0) is 13.1. The predicted octanol–water partition coefficient (Wildman–Crippen LogP) is 2.16. The predicted molar refractivity (Wildman–Crippen MR) is 62.7 cm³/mol. The number of aryl methyl sites for hydroxylation is 1. The van der Waals surface area contributed by atoms with Crippen LogP contribution in [0.3, 0.4) is 0 Å². The first-order valence-electron chi connectivity index (χ1n) is 5.22. The third-order valence-electron chi connectivity index (χ3n) is 2.29. The molecule has 0 spiro atoms. The van der Waals surface area contributed by atoms with E-state index in [9.17, 15) is 8.78 Å². The molecule has 2 rings (SSSR count). The van der Waals surface area contributed by atoms with Gasteiger partial charge in [-0.2, -0.15) is 0 Å². The first-order valence-corrected chi connectivity index (χ1v) is 5.22. The van der Waals surface area contributed by atoms with Gasteiger partial charge < -0.3 is 15.2 Å². The molecule has 0 unspecified atom stereocenters. The van der Waals surface area contributed by atoms with E-state index in [4.69, 9.17) is 10.3 Å². The number of pyridine rings is 1. The van der Waals surface area contributed by atoms with Crippen LogP contribution in [-0.4, -0.2) is 4.98 Å². The Morgan fingerprint density at radius 2 is 2.00 bits per heavy atom. The van der Waals surface area contributed by atoms with Crippen LogP contribution in [-0.2, 0) is 6.54 Å². The monoisotopic (exact) mass is 254 g/mol. The molecule has 0 saturated heterocycles. The number of nitrogens with one attached hydrogen (secondary N) is 2. The van der Waals surface area contributed by atoms with Gasteiger partial charge >= 0.3 is 0 Å². The number of hydrazine groups is 1. The van der Waals surface area contributed by atoms with Crippen molar-refractivity contribution in [3.8, 4) is 0 Å². The summed E-state index contributed by atoms with van der Waals surface area (Å²) in [5.74, 6) is 4.46. The Labute approximate surface area is 102 Å². The number of anilines is 2. The summed E-state index contributed by atoms with van der Waals surface area (Å²) in [5, 5.41) is 2.70. The molecule has 0 amide bonds. The smallest absolute Gasteiger partial charge is 0.178 e. The maximum absolute atomic E-state index is 13.4. The highest BCUT2D eigenvalue weighted by Gasteiger charge is 2.11. The van der Waals surface area contributed by atoms with Gasteiger partial charge in [-0.15, -0.1) is 0 Å². The second kappa shape index (κ2) is 5.01. The molecule has 0 aliphatic rings. The summed E-state index contributed by atoms with van der Waals surface area (Å²) in [6.07, 6.45) is 0. The standard InChI is InChI=1S/C11H12F2N4O/c1-6-2-3-7(18-6)5-15-10-8(12)4-9(13)11(16-10)17-14/h2-4H,5,14H2,1H3,(H2,15,16,17). The lowest BCUT2D eigenvalue weighted by molar-refractivity contribution is 0.489. The minimum atomic E-state index is -0.852. The maximum atomic E-state index is 13.4. The Balaban J connectivity index is 2.13. The zero-order valence-electron chi connectivity index (χ0n) is 9.63. The third-order valence-corrected chi connectivity index (χ3v) is 2.29. The van der Waals surface area contributed by atoms with E-state index in [0.717, 1.165) is 5.76 Å². The first-order chi connectivity index (χ1) is 8.60. The first kappa shape index (κ1) is 12.3. The number of hydrogen-bond donors (Lipinski definition) is 3.